The normalized spacial score (nSPS) is 18.5. The Labute approximate surface area is 377 Å². The number of hydrogen-bond donors (Lipinski definition) is 4. The zero-order chi connectivity index (χ0) is 46.1. The highest BCUT2D eigenvalue weighted by molar-refractivity contribution is 6.20. The Balaban J connectivity index is 0.923. The largest absolute Gasteiger partial charge is 0.444 e. The first-order chi connectivity index (χ1) is 30.3. The zero-order valence-corrected chi connectivity index (χ0v) is 38.8. The van der Waals surface area contributed by atoms with Crippen molar-refractivity contribution in [2.24, 2.45) is 5.41 Å². The first-order valence-corrected chi connectivity index (χ1v) is 22.8. The Bertz CT molecular complexity index is 2470. The molecule has 5 N–H and O–H groups in total. The molecular weight excluding hydrogens is 807 g/mol. The van der Waals surface area contributed by atoms with E-state index >= 15 is 0 Å². The van der Waals surface area contributed by atoms with E-state index in [4.69, 9.17) is 10.5 Å². The average Bonchev–Trinajstić information content (AvgIpc) is 3.78. The molecule has 3 aliphatic rings. The molecule has 4 aromatic rings. The van der Waals surface area contributed by atoms with Crippen molar-refractivity contribution in [2.45, 2.75) is 117 Å². The summed E-state index contributed by atoms with van der Waals surface area (Å²) in [5.74, 6) is -0.0990. The van der Waals surface area contributed by atoms with Gasteiger partial charge >= 0.3 is 6.09 Å². The number of carbonyl (C=O) groups is 4. The van der Waals surface area contributed by atoms with E-state index in [-0.39, 0.29) is 29.1 Å². The van der Waals surface area contributed by atoms with E-state index in [9.17, 15) is 24.4 Å². The number of aromatic nitrogens is 2. The summed E-state index contributed by atoms with van der Waals surface area (Å²) < 4.78 is 5.51. The van der Waals surface area contributed by atoms with Crippen molar-refractivity contribution in [3.05, 3.63) is 87.9 Å². The van der Waals surface area contributed by atoms with Gasteiger partial charge in [0.25, 0.3) is 0 Å². The third-order valence-electron chi connectivity index (χ3n) is 13.4. The van der Waals surface area contributed by atoms with Gasteiger partial charge in [-0.05, 0) is 112 Å². The standard InChI is InChI=1S/C50H65N9O5/c1-9-32-25-35-36(50(7,8)45-43(44(35)61)34-16-15-31(27-51)24-39(34)54-45)26-40(32)58-20-22-59(23-21-58)42(60)14-11-19-57-29-41(49(5,6)30-57)56-46(62)38(55-47(63)64-48(2,3)4)13-10-12-33-17-18-53-28-37(33)52/h15-18,24-26,28,38,41,54H,9-14,19-23,29-30,52H2,1-8H3,(H,55,63)(H,56,62)/t38-,41-/m0/s1. The number of rotatable bonds is 13. The fourth-order valence-corrected chi connectivity index (χ4v) is 9.78. The zero-order valence-electron chi connectivity index (χ0n) is 38.8. The Morgan fingerprint density at radius 3 is 2.48 bits per heavy atom. The second-order valence-corrected chi connectivity index (χ2v) is 20.0. The predicted octanol–water partition coefficient (Wildman–Crippen LogP) is 6.62. The van der Waals surface area contributed by atoms with Crippen LogP contribution in [0, 0.1) is 16.7 Å². The monoisotopic (exact) mass is 872 g/mol. The number of carbonyl (C=O) groups excluding carboxylic acids is 4. The summed E-state index contributed by atoms with van der Waals surface area (Å²) in [6.45, 7) is 20.8. The number of pyridine rings is 1. The molecule has 2 fully saturated rings. The highest BCUT2D eigenvalue weighted by atomic mass is 16.6. The fourth-order valence-electron chi connectivity index (χ4n) is 9.78. The number of amides is 3. The molecule has 14 nitrogen and oxygen atoms in total. The number of likely N-dealkylation sites (tertiary alicyclic amines) is 1. The van der Waals surface area contributed by atoms with Gasteiger partial charge in [-0.2, -0.15) is 5.26 Å². The van der Waals surface area contributed by atoms with Crippen LogP contribution in [0.3, 0.4) is 0 Å². The number of nitrogen functional groups attached to an aromatic ring is 1. The van der Waals surface area contributed by atoms with E-state index in [1.54, 1.807) is 39.2 Å². The molecule has 0 radical (unpaired) electrons. The molecule has 3 amide bonds. The summed E-state index contributed by atoms with van der Waals surface area (Å²) in [4.78, 5) is 68.6. The Hall–Kier alpha value is -5.94. The van der Waals surface area contributed by atoms with Crippen LogP contribution >= 0.6 is 0 Å². The SMILES string of the molecule is CCc1cc2c(cc1N1CCN(C(=O)CCCN3C[C@H](NC(=O)[C@H](CCCc4ccncc4N)NC(=O)OC(C)(C)C)C(C)(C)C3)CC1)C(C)(C)c1[nH]c3cc(C#N)ccc3c1C2=O. The molecule has 0 unspecified atom stereocenters. The van der Waals surface area contributed by atoms with Crippen molar-refractivity contribution in [1.29, 1.82) is 5.26 Å². The number of ether oxygens (including phenoxy) is 1. The molecule has 64 heavy (non-hydrogen) atoms. The van der Waals surface area contributed by atoms with E-state index in [1.807, 2.05) is 23.1 Å². The number of ketones is 1. The number of aromatic amines is 1. The number of nitrogens with one attached hydrogen (secondary N) is 3. The maximum Gasteiger partial charge on any atom is 0.408 e. The lowest BCUT2D eigenvalue weighted by Crippen LogP contribution is -2.53. The van der Waals surface area contributed by atoms with Crippen molar-refractivity contribution >= 4 is 46.0 Å². The van der Waals surface area contributed by atoms with Crippen LogP contribution in [0.2, 0.25) is 0 Å². The van der Waals surface area contributed by atoms with E-state index in [0.717, 1.165) is 64.0 Å². The number of hydrogen-bond acceptors (Lipinski definition) is 10. The van der Waals surface area contributed by atoms with Crippen LogP contribution < -0.4 is 21.3 Å². The highest BCUT2D eigenvalue weighted by Gasteiger charge is 2.42. The number of nitrogens with two attached hydrogens (primary N) is 1. The van der Waals surface area contributed by atoms with E-state index in [0.29, 0.717) is 81.6 Å². The minimum Gasteiger partial charge on any atom is -0.444 e. The number of anilines is 2. The van der Waals surface area contributed by atoms with Gasteiger partial charge in [0.2, 0.25) is 11.8 Å². The first-order valence-electron chi connectivity index (χ1n) is 22.8. The highest BCUT2D eigenvalue weighted by Crippen LogP contribution is 2.46. The Morgan fingerprint density at radius 2 is 1.80 bits per heavy atom. The van der Waals surface area contributed by atoms with Crippen molar-refractivity contribution in [3.8, 4) is 6.07 Å². The van der Waals surface area contributed by atoms with Gasteiger partial charge in [0.15, 0.2) is 5.78 Å². The lowest BCUT2D eigenvalue weighted by Gasteiger charge is -2.39. The van der Waals surface area contributed by atoms with Crippen LogP contribution in [0.15, 0.2) is 48.8 Å². The quantitative estimate of drug-likeness (QED) is 0.114. The Morgan fingerprint density at radius 1 is 1.05 bits per heavy atom. The summed E-state index contributed by atoms with van der Waals surface area (Å²) in [5.41, 5.74) is 13.1. The van der Waals surface area contributed by atoms with Gasteiger partial charge in [0.1, 0.15) is 11.6 Å². The van der Waals surface area contributed by atoms with Crippen molar-refractivity contribution in [3.63, 3.8) is 0 Å². The van der Waals surface area contributed by atoms with Gasteiger partial charge in [-0.3, -0.25) is 19.4 Å². The number of nitriles is 1. The van der Waals surface area contributed by atoms with Gasteiger partial charge in [0, 0.05) is 91.2 Å². The van der Waals surface area contributed by atoms with E-state index in [1.165, 1.54) is 0 Å². The third kappa shape index (κ3) is 9.75. The number of fused-ring (bicyclic) bond motifs is 4. The van der Waals surface area contributed by atoms with Crippen molar-refractivity contribution in [2.75, 3.05) is 56.4 Å². The number of alkyl carbamates (subject to hydrolysis) is 1. The molecule has 14 heteroatoms. The fraction of sp³-hybridized carbons (Fsp3) is 0.520. The molecule has 2 saturated heterocycles. The van der Waals surface area contributed by atoms with Gasteiger partial charge < -0.3 is 40.8 Å². The summed E-state index contributed by atoms with van der Waals surface area (Å²) >= 11 is 0. The minimum absolute atomic E-state index is 0.00565. The maximum absolute atomic E-state index is 14.1. The van der Waals surface area contributed by atoms with Crippen LogP contribution in [-0.2, 0) is 32.6 Å². The molecule has 2 aliphatic heterocycles. The maximum atomic E-state index is 14.1. The van der Waals surface area contributed by atoms with Gasteiger partial charge in [-0.1, -0.05) is 40.7 Å². The van der Waals surface area contributed by atoms with Crippen LogP contribution in [-0.4, -0.2) is 107 Å². The summed E-state index contributed by atoms with van der Waals surface area (Å²) in [6.07, 6.45) is 6.26. The number of nitrogens with zero attached hydrogens (tertiary/aromatic N) is 5. The number of aryl methyl sites for hydroxylation is 2. The number of H-pyrrole nitrogens is 1. The number of benzene rings is 2. The molecule has 2 atom stereocenters. The summed E-state index contributed by atoms with van der Waals surface area (Å²) in [7, 11) is 0. The van der Waals surface area contributed by atoms with E-state index < -0.39 is 23.2 Å². The van der Waals surface area contributed by atoms with Crippen molar-refractivity contribution in [1.82, 2.24) is 30.4 Å². The van der Waals surface area contributed by atoms with Crippen LogP contribution in [0.25, 0.3) is 10.9 Å². The second kappa shape index (κ2) is 18.3. The lowest BCUT2D eigenvalue weighted by molar-refractivity contribution is -0.131. The smallest absolute Gasteiger partial charge is 0.408 e. The molecule has 0 bridgehead atoms. The first kappa shape index (κ1) is 46.1. The van der Waals surface area contributed by atoms with Crippen molar-refractivity contribution < 1.29 is 23.9 Å². The average molecular weight is 872 g/mol. The predicted molar refractivity (Wildman–Crippen MR) is 249 cm³/mol. The van der Waals surface area contributed by atoms with Gasteiger partial charge in [0.05, 0.1) is 29.1 Å². The molecule has 1 aliphatic carbocycles. The topological polar surface area (TPSA) is 190 Å². The molecule has 0 spiro atoms. The van der Waals surface area contributed by atoms with Gasteiger partial charge in [-0.15, -0.1) is 0 Å². The van der Waals surface area contributed by atoms with Crippen LogP contribution in [0.1, 0.15) is 125 Å². The number of piperazine rings is 1. The minimum atomic E-state index is -0.785. The molecule has 2 aromatic carbocycles. The Kier molecular flexibility index (Phi) is 13.2. The third-order valence-corrected chi connectivity index (χ3v) is 13.4. The molecule has 4 heterocycles. The molecule has 7 rings (SSSR count). The molecule has 0 saturated carbocycles. The molecule has 340 valence electrons. The lowest BCUT2D eigenvalue weighted by atomic mass is 9.70. The summed E-state index contributed by atoms with van der Waals surface area (Å²) in [5, 5.41) is 16.4. The second-order valence-electron chi connectivity index (χ2n) is 20.0. The summed E-state index contributed by atoms with van der Waals surface area (Å²) in [6, 6.07) is 12.9. The van der Waals surface area contributed by atoms with Gasteiger partial charge in [-0.25, -0.2) is 4.79 Å². The molecule has 2 aromatic heterocycles. The van der Waals surface area contributed by atoms with E-state index in [2.05, 4.69) is 83.2 Å². The molecular formula is C50H65N9O5. The van der Waals surface area contributed by atoms with Crippen LogP contribution in [0.5, 0.6) is 0 Å². The van der Waals surface area contributed by atoms with Crippen LogP contribution in [0.4, 0.5) is 16.2 Å².